The third-order valence-corrected chi connectivity index (χ3v) is 2.19. The fourth-order valence-corrected chi connectivity index (χ4v) is 1.23. The predicted octanol–water partition coefficient (Wildman–Crippen LogP) is -0.475. The molecule has 0 fully saturated rings. The second kappa shape index (κ2) is 6.83. The number of rotatable bonds is 6. The zero-order valence-electron chi connectivity index (χ0n) is 10.2. The van der Waals surface area contributed by atoms with Crippen LogP contribution in [0, 0.1) is 10.1 Å². The molecule has 0 aliphatic carbocycles. The van der Waals surface area contributed by atoms with Crippen molar-refractivity contribution in [3.8, 4) is 0 Å². The van der Waals surface area contributed by atoms with Crippen molar-refractivity contribution < 1.29 is 24.4 Å². The number of carboxylic acids is 1. The Balaban J connectivity index is 2.48. The van der Waals surface area contributed by atoms with E-state index in [1.165, 1.54) is 24.3 Å². The number of aliphatic carboxylic acids is 1. The molecule has 0 spiro atoms. The van der Waals surface area contributed by atoms with E-state index in [0.717, 1.165) is 0 Å². The van der Waals surface area contributed by atoms with E-state index in [1.54, 1.807) is 0 Å². The Kier molecular flexibility index (Phi) is 5.15. The van der Waals surface area contributed by atoms with Crippen molar-refractivity contribution in [1.82, 2.24) is 10.6 Å². The third-order valence-electron chi connectivity index (χ3n) is 2.19. The van der Waals surface area contributed by atoms with Crippen LogP contribution in [-0.4, -0.2) is 40.9 Å². The average Bonchev–Trinajstić information content (AvgIpc) is 2.42. The molecule has 0 bridgehead atoms. The van der Waals surface area contributed by atoms with Crippen LogP contribution in [-0.2, 0) is 9.59 Å². The molecule has 20 heavy (non-hydrogen) atoms. The molecule has 2 amide bonds. The summed E-state index contributed by atoms with van der Waals surface area (Å²) in [7, 11) is 0. The van der Waals surface area contributed by atoms with E-state index in [4.69, 9.17) is 5.11 Å². The monoisotopic (exact) mass is 281 g/mol. The van der Waals surface area contributed by atoms with Crippen molar-refractivity contribution in [2.75, 3.05) is 13.1 Å². The van der Waals surface area contributed by atoms with Crippen LogP contribution in [0.1, 0.15) is 10.4 Å². The van der Waals surface area contributed by atoms with Crippen LogP contribution in [0.3, 0.4) is 0 Å². The van der Waals surface area contributed by atoms with E-state index in [9.17, 15) is 24.5 Å². The number of carbonyl (C=O) groups excluding carboxylic acids is 2. The smallest absolute Gasteiger partial charge is 0.322 e. The van der Waals surface area contributed by atoms with Gasteiger partial charge in [-0.2, -0.15) is 0 Å². The van der Waals surface area contributed by atoms with Gasteiger partial charge in [-0.1, -0.05) is 0 Å². The molecule has 9 heteroatoms. The highest BCUT2D eigenvalue weighted by atomic mass is 16.6. The molecule has 0 atom stereocenters. The molecular weight excluding hydrogens is 270 g/mol. The molecular formula is C11H11N3O6. The molecule has 0 aliphatic heterocycles. The first-order chi connectivity index (χ1) is 9.40. The van der Waals surface area contributed by atoms with Crippen molar-refractivity contribution in [1.29, 1.82) is 0 Å². The minimum absolute atomic E-state index is 0.152. The number of nitro benzene ring substituents is 1. The second-order valence-corrected chi connectivity index (χ2v) is 3.66. The van der Waals surface area contributed by atoms with Crippen molar-refractivity contribution in [2.24, 2.45) is 0 Å². The minimum atomic E-state index is -1.19. The summed E-state index contributed by atoms with van der Waals surface area (Å²) < 4.78 is 0. The maximum atomic E-state index is 11.6. The van der Waals surface area contributed by atoms with Gasteiger partial charge in [-0.15, -0.1) is 0 Å². The lowest BCUT2D eigenvalue weighted by Crippen LogP contribution is -2.39. The quantitative estimate of drug-likeness (QED) is 0.475. The number of amides is 2. The van der Waals surface area contributed by atoms with Crippen molar-refractivity contribution in [2.45, 2.75) is 0 Å². The number of carboxylic acid groups (broad SMARTS) is 1. The van der Waals surface area contributed by atoms with Gasteiger partial charge in [-0.3, -0.25) is 24.5 Å². The molecule has 3 N–H and O–H groups in total. The lowest BCUT2D eigenvalue weighted by atomic mass is 10.2. The summed E-state index contributed by atoms with van der Waals surface area (Å²) in [5.74, 6) is -2.44. The number of carbonyl (C=O) groups is 3. The first kappa shape index (κ1) is 15.1. The van der Waals surface area contributed by atoms with Gasteiger partial charge in [0.05, 0.1) is 11.5 Å². The zero-order chi connectivity index (χ0) is 15.1. The molecule has 0 saturated carbocycles. The Morgan fingerprint density at radius 1 is 1.10 bits per heavy atom. The van der Waals surface area contributed by atoms with Crippen molar-refractivity contribution in [3.63, 3.8) is 0 Å². The first-order valence-electron chi connectivity index (χ1n) is 5.41. The Bertz CT molecular complexity index is 540. The predicted molar refractivity (Wildman–Crippen MR) is 66.1 cm³/mol. The Hall–Kier alpha value is -2.97. The van der Waals surface area contributed by atoms with Gasteiger partial charge in [0.25, 0.3) is 11.6 Å². The first-order valence-corrected chi connectivity index (χ1v) is 5.41. The lowest BCUT2D eigenvalue weighted by molar-refractivity contribution is -0.384. The molecule has 1 aromatic carbocycles. The lowest BCUT2D eigenvalue weighted by Gasteiger charge is -2.05. The van der Waals surface area contributed by atoms with Gasteiger partial charge >= 0.3 is 5.97 Å². The summed E-state index contributed by atoms with van der Waals surface area (Å²) in [5.41, 5.74) is 0.00221. The van der Waals surface area contributed by atoms with Crippen LogP contribution in [0.15, 0.2) is 24.3 Å². The maximum Gasteiger partial charge on any atom is 0.322 e. The molecule has 1 rings (SSSR count). The number of nitrogens with zero attached hydrogens (tertiary/aromatic N) is 1. The fraction of sp³-hybridized carbons (Fsp3) is 0.182. The zero-order valence-corrected chi connectivity index (χ0v) is 10.2. The van der Waals surface area contributed by atoms with Crippen LogP contribution in [0.5, 0.6) is 0 Å². The van der Waals surface area contributed by atoms with Crippen molar-refractivity contribution in [3.05, 3.63) is 39.9 Å². The molecule has 0 aliphatic rings. The van der Waals surface area contributed by atoms with E-state index in [1.807, 2.05) is 0 Å². The summed E-state index contributed by atoms with van der Waals surface area (Å²) in [5, 5.41) is 23.1. The Morgan fingerprint density at radius 3 is 2.20 bits per heavy atom. The largest absolute Gasteiger partial charge is 0.480 e. The number of hydrogen-bond donors (Lipinski definition) is 3. The highest BCUT2D eigenvalue weighted by Gasteiger charge is 2.11. The van der Waals surface area contributed by atoms with Gasteiger partial charge in [0, 0.05) is 17.7 Å². The summed E-state index contributed by atoms with van der Waals surface area (Å²) in [4.78, 5) is 42.8. The normalized spacial score (nSPS) is 9.60. The highest BCUT2D eigenvalue weighted by Crippen LogP contribution is 2.11. The van der Waals surface area contributed by atoms with Gasteiger partial charge < -0.3 is 15.7 Å². The minimum Gasteiger partial charge on any atom is -0.480 e. The summed E-state index contributed by atoms with van der Waals surface area (Å²) in [6.07, 6.45) is 0. The molecule has 0 radical (unpaired) electrons. The molecule has 0 heterocycles. The van der Waals surface area contributed by atoms with Crippen molar-refractivity contribution >= 4 is 23.5 Å². The molecule has 1 aromatic rings. The standard InChI is InChI=1S/C11H11N3O6/c15-9(12-6-10(16)17)5-13-11(18)7-1-3-8(4-2-7)14(19)20/h1-4H,5-6H2,(H,12,15)(H,13,18)(H,16,17). The van der Waals surface area contributed by atoms with Gasteiger partial charge in [0.2, 0.25) is 5.91 Å². The fourth-order valence-electron chi connectivity index (χ4n) is 1.23. The number of nitrogens with one attached hydrogen (secondary N) is 2. The SMILES string of the molecule is O=C(O)CNC(=O)CNC(=O)c1ccc([N+](=O)[O-])cc1. The maximum absolute atomic E-state index is 11.6. The number of nitro groups is 1. The van der Waals surface area contributed by atoms with Gasteiger partial charge in [0.1, 0.15) is 6.54 Å². The van der Waals surface area contributed by atoms with Crippen LogP contribution in [0.25, 0.3) is 0 Å². The van der Waals surface area contributed by atoms with Crippen LogP contribution < -0.4 is 10.6 Å². The Morgan fingerprint density at radius 2 is 1.70 bits per heavy atom. The van der Waals surface area contributed by atoms with E-state index in [2.05, 4.69) is 10.6 Å². The van der Waals surface area contributed by atoms with Crippen LogP contribution >= 0.6 is 0 Å². The van der Waals surface area contributed by atoms with Gasteiger partial charge in [-0.25, -0.2) is 0 Å². The van der Waals surface area contributed by atoms with E-state index in [-0.39, 0.29) is 17.8 Å². The van der Waals surface area contributed by atoms with E-state index < -0.39 is 29.3 Å². The van der Waals surface area contributed by atoms with Gasteiger partial charge in [0.15, 0.2) is 0 Å². The van der Waals surface area contributed by atoms with Crippen LogP contribution in [0.2, 0.25) is 0 Å². The highest BCUT2D eigenvalue weighted by molar-refractivity contribution is 5.96. The van der Waals surface area contributed by atoms with E-state index >= 15 is 0 Å². The number of non-ortho nitro benzene ring substituents is 1. The summed E-state index contributed by atoms with van der Waals surface area (Å²) in [6, 6.07) is 4.84. The molecule has 0 saturated heterocycles. The van der Waals surface area contributed by atoms with E-state index in [0.29, 0.717) is 0 Å². The molecule has 106 valence electrons. The number of hydrogen-bond acceptors (Lipinski definition) is 5. The van der Waals surface area contributed by atoms with Gasteiger partial charge in [-0.05, 0) is 12.1 Å². The molecule has 0 unspecified atom stereocenters. The third kappa shape index (κ3) is 4.72. The second-order valence-electron chi connectivity index (χ2n) is 3.66. The molecule has 0 aromatic heterocycles. The average molecular weight is 281 g/mol. The Labute approximate surface area is 112 Å². The number of benzene rings is 1. The van der Waals surface area contributed by atoms with Crippen LogP contribution in [0.4, 0.5) is 5.69 Å². The summed E-state index contributed by atoms with van der Waals surface area (Å²) in [6.45, 7) is -0.921. The molecule has 9 nitrogen and oxygen atoms in total. The topological polar surface area (TPSA) is 139 Å². The summed E-state index contributed by atoms with van der Waals surface area (Å²) >= 11 is 0.